The topological polar surface area (TPSA) is 161 Å². The van der Waals surface area contributed by atoms with Crippen LogP contribution in [-0.4, -0.2) is 74.6 Å². The molecule has 9 nitrogen and oxygen atoms in total. The molecule has 7 atom stereocenters. The first-order chi connectivity index (χ1) is 17.8. The number of aromatic hydroxyl groups is 1. The zero-order chi connectivity index (χ0) is 27.8. The van der Waals surface area contributed by atoms with Gasteiger partial charge in [-0.2, -0.15) is 0 Å². The summed E-state index contributed by atoms with van der Waals surface area (Å²) in [5.74, 6) is -8.79. The number of phenols is 1. The van der Waals surface area contributed by atoms with E-state index >= 15 is 0 Å². The van der Waals surface area contributed by atoms with Crippen LogP contribution in [0, 0.1) is 23.6 Å². The number of benzene rings is 2. The van der Waals surface area contributed by atoms with Crippen molar-refractivity contribution in [3.05, 3.63) is 58.9 Å². The average molecular weight is 525 g/mol. The Balaban J connectivity index is 1.70. The minimum Gasteiger partial charge on any atom is -0.507 e. The van der Waals surface area contributed by atoms with Gasteiger partial charge in [-0.25, -0.2) is 4.39 Å². The van der Waals surface area contributed by atoms with Gasteiger partial charge in [-0.15, -0.1) is 0 Å². The second-order valence-electron chi connectivity index (χ2n) is 10.7. The van der Waals surface area contributed by atoms with E-state index in [0.717, 1.165) is 0 Å². The molecule has 3 aliphatic carbocycles. The summed E-state index contributed by atoms with van der Waals surface area (Å²) in [6.45, 7) is 1.81. The highest BCUT2D eigenvalue weighted by molar-refractivity contribution is 6.25. The average Bonchev–Trinajstić information content (AvgIpc) is 2.84. The minimum atomic E-state index is -2.71. The SMILES string of the molecule is C[C@H]1c2ccc(-c3ccc(F)cc3)c(O)c2C(O)=C2C(=O)[C@]3(O)C(=O)C(C(N)=O)C(O)[C@@H](N(C)C)[C@@H]3C[C@@H]21. The zero-order valence-corrected chi connectivity index (χ0v) is 21.1. The van der Waals surface area contributed by atoms with E-state index in [1.54, 1.807) is 31.1 Å². The normalized spacial score (nSPS) is 32.6. The van der Waals surface area contributed by atoms with Gasteiger partial charge >= 0.3 is 0 Å². The molecule has 0 radical (unpaired) electrons. The molecule has 38 heavy (non-hydrogen) atoms. The Morgan fingerprint density at radius 3 is 2.32 bits per heavy atom. The maximum absolute atomic E-state index is 14.0. The van der Waals surface area contributed by atoms with E-state index in [0.29, 0.717) is 16.7 Å². The number of primary amides is 1. The van der Waals surface area contributed by atoms with Crippen LogP contribution in [0.25, 0.3) is 16.9 Å². The highest BCUT2D eigenvalue weighted by atomic mass is 19.1. The van der Waals surface area contributed by atoms with Crippen molar-refractivity contribution in [3.8, 4) is 16.9 Å². The molecule has 200 valence electrons. The molecule has 2 saturated carbocycles. The summed E-state index contributed by atoms with van der Waals surface area (Å²) >= 11 is 0. The van der Waals surface area contributed by atoms with Gasteiger partial charge in [-0.05, 0) is 55.6 Å². The fourth-order valence-corrected chi connectivity index (χ4v) is 6.76. The number of carbonyl (C=O) groups is 3. The van der Waals surface area contributed by atoms with E-state index in [4.69, 9.17) is 5.73 Å². The molecule has 0 aliphatic heterocycles. The third-order valence-electron chi connectivity index (χ3n) is 8.62. The fraction of sp³-hybridized carbons (Fsp3) is 0.393. The van der Waals surface area contributed by atoms with Crippen molar-refractivity contribution in [2.45, 2.75) is 37.0 Å². The van der Waals surface area contributed by atoms with Crippen LogP contribution in [0.3, 0.4) is 0 Å². The van der Waals surface area contributed by atoms with Gasteiger partial charge in [-0.1, -0.05) is 31.2 Å². The number of hydrogen-bond acceptors (Lipinski definition) is 8. The number of aliphatic hydroxyl groups is 3. The predicted molar refractivity (Wildman–Crippen MR) is 134 cm³/mol. The van der Waals surface area contributed by atoms with Gasteiger partial charge < -0.3 is 31.1 Å². The predicted octanol–water partition coefficient (Wildman–Crippen LogP) is 1.50. The van der Waals surface area contributed by atoms with E-state index in [1.165, 1.54) is 24.3 Å². The number of nitrogens with two attached hydrogens (primary N) is 1. The lowest BCUT2D eigenvalue weighted by atomic mass is 9.53. The number of phenolic OH excluding ortho intramolecular Hbond substituents is 1. The summed E-state index contributed by atoms with van der Waals surface area (Å²) < 4.78 is 13.5. The molecule has 0 saturated heterocycles. The maximum atomic E-state index is 14.0. The van der Waals surface area contributed by atoms with Gasteiger partial charge in [0, 0.05) is 23.1 Å². The minimum absolute atomic E-state index is 0.0140. The molecular formula is C28H29FN2O7. The van der Waals surface area contributed by atoms with Crippen molar-refractivity contribution < 1.29 is 39.2 Å². The summed E-state index contributed by atoms with van der Waals surface area (Å²) in [5, 5.41) is 45.3. The first-order valence-electron chi connectivity index (χ1n) is 12.3. The maximum Gasteiger partial charge on any atom is 0.230 e. The lowest BCUT2D eigenvalue weighted by molar-refractivity contribution is -0.184. The second-order valence-corrected chi connectivity index (χ2v) is 10.7. The number of aliphatic hydroxyl groups excluding tert-OH is 2. The van der Waals surface area contributed by atoms with Gasteiger partial charge in [0.05, 0.1) is 11.7 Å². The van der Waals surface area contributed by atoms with Crippen molar-refractivity contribution in [3.63, 3.8) is 0 Å². The van der Waals surface area contributed by atoms with Crippen molar-refractivity contribution >= 4 is 23.2 Å². The molecule has 2 fully saturated rings. The molecule has 0 bridgehead atoms. The quantitative estimate of drug-likeness (QED) is 0.378. The van der Waals surface area contributed by atoms with Crippen molar-refractivity contribution in [1.82, 2.24) is 4.90 Å². The van der Waals surface area contributed by atoms with Gasteiger partial charge in [-0.3, -0.25) is 14.4 Å². The Bertz CT molecular complexity index is 1400. The molecule has 0 heterocycles. The third-order valence-corrected chi connectivity index (χ3v) is 8.62. The third kappa shape index (κ3) is 3.37. The summed E-state index contributed by atoms with van der Waals surface area (Å²) in [7, 11) is 3.20. The number of nitrogens with zero attached hydrogens (tertiary/aromatic N) is 1. The summed E-state index contributed by atoms with van der Waals surface area (Å²) in [4.78, 5) is 41.1. The van der Waals surface area contributed by atoms with Crippen molar-refractivity contribution in [2.24, 2.45) is 23.5 Å². The smallest absolute Gasteiger partial charge is 0.230 e. The molecule has 0 aromatic heterocycles. The standard InChI is InChI=1S/C28H29FN2O7/c1-11-14-8-9-15(12-4-6-13(29)7-5-12)22(32)18(14)23(33)19-16(11)10-17-21(31(2)3)24(34)20(27(30)37)26(36)28(17,38)25(19)35/h4-9,11,16-17,20-21,24,32-34,38H,10H2,1-3H3,(H2,30,37)/t11-,16+,17-,20?,21-,24?,28-/m0/s1. The fourth-order valence-electron chi connectivity index (χ4n) is 6.76. The molecule has 2 aromatic carbocycles. The Labute approximate surface area is 218 Å². The Hall–Kier alpha value is -3.60. The molecule has 2 aromatic rings. The first kappa shape index (κ1) is 26.0. The molecule has 10 heteroatoms. The molecule has 2 unspecified atom stereocenters. The summed E-state index contributed by atoms with van der Waals surface area (Å²) in [6, 6.07) is 7.79. The Kier molecular flexibility index (Phi) is 5.97. The molecule has 3 aliphatic rings. The van der Waals surface area contributed by atoms with E-state index < -0.39 is 70.5 Å². The lowest BCUT2D eigenvalue weighted by Crippen LogP contribution is -2.73. The van der Waals surface area contributed by atoms with Crippen LogP contribution in [0.5, 0.6) is 5.75 Å². The first-order valence-corrected chi connectivity index (χ1v) is 12.3. The van der Waals surface area contributed by atoms with E-state index in [1.807, 2.05) is 6.92 Å². The van der Waals surface area contributed by atoms with Gasteiger partial charge in [0.25, 0.3) is 0 Å². The number of rotatable bonds is 3. The highest BCUT2D eigenvalue weighted by Crippen LogP contribution is 2.56. The van der Waals surface area contributed by atoms with Crippen molar-refractivity contribution in [2.75, 3.05) is 14.1 Å². The van der Waals surface area contributed by atoms with E-state index in [9.17, 15) is 39.2 Å². The largest absolute Gasteiger partial charge is 0.507 e. The lowest BCUT2D eigenvalue weighted by Gasteiger charge is -2.54. The van der Waals surface area contributed by atoms with E-state index in [2.05, 4.69) is 0 Å². The number of halogens is 1. The van der Waals surface area contributed by atoms with E-state index in [-0.39, 0.29) is 23.3 Å². The number of ketones is 2. The van der Waals surface area contributed by atoms with Crippen LogP contribution < -0.4 is 5.73 Å². The molecule has 5 rings (SSSR count). The van der Waals surface area contributed by atoms with Crippen molar-refractivity contribution in [1.29, 1.82) is 0 Å². The second kappa shape index (κ2) is 8.72. The Morgan fingerprint density at radius 2 is 1.74 bits per heavy atom. The number of carbonyl (C=O) groups excluding carboxylic acids is 3. The molecular weight excluding hydrogens is 495 g/mol. The van der Waals surface area contributed by atoms with Gasteiger partial charge in [0.1, 0.15) is 23.2 Å². The number of hydrogen-bond donors (Lipinski definition) is 5. The number of fused-ring (bicyclic) bond motifs is 3. The molecule has 0 spiro atoms. The summed E-state index contributed by atoms with van der Waals surface area (Å²) in [6.07, 6.45) is -1.50. The van der Waals surface area contributed by atoms with Crippen LogP contribution in [0.2, 0.25) is 0 Å². The number of Topliss-reactive ketones (excluding diaryl/α,β-unsaturated/α-hetero) is 2. The molecule has 6 N–H and O–H groups in total. The van der Waals surface area contributed by atoms with Gasteiger partial charge in [0.15, 0.2) is 11.4 Å². The Morgan fingerprint density at radius 1 is 1.11 bits per heavy atom. The van der Waals surface area contributed by atoms with Crippen LogP contribution in [0.15, 0.2) is 42.0 Å². The summed E-state index contributed by atoms with van der Waals surface area (Å²) in [5.41, 5.74) is 3.77. The van der Waals surface area contributed by atoms with Crippen LogP contribution >= 0.6 is 0 Å². The van der Waals surface area contributed by atoms with Crippen LogP contribution in [0.1, 0.15) is 30.4 Å². The number of amides is 1. The zero-order valence-electron chi connectivity index (χ0n) is 21.1. The molecule has 1 amide bonds. The van der Waals surface area contributed by atoms with Crippen LogP contribution in [0.4, 0.5) is 4.39 Å². The highest BCUT2D eigenvalue weighted by Gasteiger charge is 2.68. The monoisotopic (exact) mass is 524 g/mol. The number of likely N-dealkylation sites (N-methyl/N-ethyl adjacent to an activating group) is 1. The van der Waals surface area contributed by atoms with Gasteiger partial charge in [0.2, 0.25) is 11.7 Å². The van der Waals surface area contributed by atoms with Crippen LogP contribution in [-0.2, 0) is 14.4 Å².